The Labute approximate surface area is 108 Å². The molecule has 4 rings (SSSR count). The van der Waals surface area contributed by atoms with Crippen LogP contribution in [0.2, 0.25) is 0 Å². The van der Waals surface area contributed by atoms with Crippen molar-refractivity contribution in [1.82, 2.24) is 19.6 Å². The third-order valence-corrected chi connectivity index (χ3v) is 3.71. The molecule has 1 fully saturated rings. The van der Waals surface area contributed by atoms with Gasteiger partial charge in [0, 0.05) is 24.2 Å². The molecule has 0 spiro atoms. The molecule has 4 nitrogen and oxygen atoms in total. The number of pyridine rings is 1. The molecule has 0 saturated heterocycles. The van der Waals surface area contributed by atoms with Gasteiger partial charge in [0.15, 0.2) is 5.65 Å². The molecule has 0 aromatic carbocycles. The Morgan fingerprint density at radius 1 is 1.11 bits per heavy atom. The van der Waals surface area contributed by atoms with Crippen LogP contribution in [0, 0.1) is 5.95 Å². The van der Waals surface area contributed by atoms with Gasteiger partial charge in [-0.05, 0) is 42.0 Å². The van der Waals surface area contributed by atoms with E-state index >= 15 is 0 Å². The molecular weight excluding hydrogens is 243 g/mol. The van der Waals surface area contributed by atoms with Crippen molar-refractivity contribution in [2.24, 2.45) is 0 Å². The molecule has 0 aliphatic heterocycles. The zero-order valence-corrected chi connectivity index (χ0v) is 10.1. The Morgan fingerprint density at radius 2 is 1.95 bits per heavy atom. The van der Waals surface area contributed by atoms with Crippen LogP contribution in [-0.4, -0.2) is 19.6 Å². The fraction of sp³-hybridized carbons (Fsp3) is 0.214. The summed E-state index contributed by atoms with van der Waals surface area (Å²) in [4.78, 5) is 8.15. The smallest absolute Gasteiger partial charge is 0.234 e. The minimum atomic E-state index is -0.419. The van der Waals surface area contributed by atoms with Gasteiger partial charge in [-0.15, -0.1) is 0 Å². The van der Waals surface area contributed by atoms with E-state index in [0.717, 1.165) is 12.0 Å². The van der Waals surface area contributed by atoms with E-state index in [1.165, 1.54) is 16.3 Å². The first kappa shape index (κ1) is 10.6. The molecule has 5 heteroatoms. The van der Waals surface area contributed by atoms with Gasteiger partial charge >= 0.3 is 0 Å². The van der Waals surface area contributed by atoms with Crippen LogP contribution in [-0.2, 0) is 0 Å². The molecular formula is C14H11FN4. The van der Waals surface area contributed by atoms with E-state index in [4.69, 9.17) is 0 Å². The molecule has 3 aromatic heterocycles. The summed E-state index contributed by atoms with van der Waals surface area (Å²) >= 11 is 0. The predicted octanol–water partition coefficient (Wildman–Crippen LogP) is 2.53. The van der Waals surface area contributed by atoms with Gasteiger partial charge in [-0.2, -0.15) is 14.0 Å². The highest BCUT2D eigenvalue weighted by atomic mass is 19.1. The van der Waals surface area contributed by atoms with E-state index in [0.29, 0.717) is 17.5 Å². The fourth-order valence-electron chi connectivity index (χ4n) is 2.69. The van der Waals surface area contributed by atoms with Gasteiger partial charge in [0.1, 0.15) is 0 Å². The third-order valence-electron chi connectivity index (χ3n) is 3.71. The molecule has 0 radical (unpaired) electrons. The molecule has 1 aliphatic carbocycles. The van der Waals surface area contributed by atoms with Crippen molar-refractivity contribution < 1.29 is 4.39 Å². The minimum absolute atomic E-state index is 0.398. The van der Waals surface area contributed by atoms with Crippen molar-refractivity contribution in [2.75, 3.05) is 0 Å². The van der Waals surface area contributed by atoms with Crippen LogP contribution < -0.4 is 0 Å². The van der Waals surface area contributed by atoms with E-state index in [9.17, 15) is 4.39 Å². The SMILES string of the molecule is Fc1cnc2c([C@H]3C[C@@H]3c3ccncc3)ccnn12. The van der Waals surface area contributed by atoms with E-state index in [-0.39, 0.29) is 0 Å². The first-order chi connectivity index (χ1) is 9.34. The maximum absolute atomic E-state index is 13.5. The molecule has 94 valence electrons. The summed E-state index contributed by atoms with van der Waals surface area (Å²) in [5.41, 5.74) is 2.98. The number of rotatable bonds is 2. The highest BCUT2D eigenvalue weighted by Crippen LogP contribution is 2.55. The maximum Gasteiger partial charge on any atom is 0.234 e. The molecule has 0 N–H and O–H groups in total. The summed E-state index contributed by atoms with van der Waals surface area (Å²) < 4.78 is 14.7. The Hall–Kier alpha value is -2.30. The first-order valence-electron chi connectivity index (χ1n) is 6.22. The van der Waals surface area contributed by atoms with Crippen LogP contribution in [0.1, 0.15) is 29.4 Å². The maximum atomic E-state index is 13.5. The molecule has 0 amide bonds. The topological polar surface area (TPSA) is 43.1 Å². The van der Waals surface area contributed by atoms with Gasteiger partial charge in [-0.25, -0.2) is 4.98 Å². The van der Waals surface area contributed by atoms with E-state index in [2.05, 4.69) is 15.1 Å². The second-order valence-electron chi connectivity index (χ2n) is 4.83. The van der Waals surface area contributed by atoms with Crippen LogP contribution in [0.4, 0.5) is 4.39 Å². The fourth-order valence-corrected chi connectivity index (χ4v) is 2.69. The van der Waals surface area contributed by atoms with Crippen molar-refractivity contribution in [3.05, 3.63) is 60.1 Å². The highest BCUT2D eigenvalue weighted by Gasteiger charge is 2.41. The summed E-state index contributed by atoms with van der Waals surface area (Å²) in [6.45, 7) is 0. The van der Waals surface area contributed by atoms with Gasteiger partial charge in [-0.1, -0.05) is 0 Å². The Kier molecular flexibility index (Phi) is 2.15. The molecule has 3 heterocycles. The Bertz CT molecular complexity index is 738. The monoisotopic (exact) mass is 254 g/mol. The lowest BCUT2D eigenvalue weighted by atomic mass is 10.1. The average Bonchev–Trinajstić information content (AvgIpc) is 3.18. The van der Waals surface area contributed by atoms with Crippen molar-refractivity contribution in [3.8, 4) is 0 Å². The lowest BCUT2D eigenvalue weighted by molar-refractivity contribution is 0.548. The van der Waals surface area contributed by atoms with Crippen molar-refractivity contribution >= 4 is 5.65 Å². The van der Waals surface area contributed by atoms with Crippen LogP contribution in [0.25, 0.3) is 5.65 Å². The summed E-state index contributed by atoms with van der Waals surface area (Å²) in [7, 11) is 0. The second kappa shape index (κ2) is 3.85. The number of nitrogens with zero attached hydrogens (tertiary/aromatic N) is 4. The lowest BCUT2D eigenvalue weighted by Gasteiger charge is -2.02. The van der Waals surface area contributed by atoms with Crippen LogP contribution in [0.5, 0.6) is 0 Å². The summed E-state index contributed by atoms with van der Waals surface area (Å²) in [5.74, 6) is 0.460. The van der Waals surface area contributed by atoms with Gasteiger partial charge < -0.3 is 0 Å². The molecule has 2 atom stereocenters. The lowest BCUT2D eigenvalue weighted by Crippen LogP contribution is -1.97. The van der Waals surface area contributed by atoms with E-state index in [1.807, 2.05) is 30.6 Å². The van der Waals surface area contributed by atoms with Crippen LogP contribution in [0.15, 0.2) is 43.0 Å². The third kappa shape index (κ3) is 1.62. The largest absolute Gasteiger partial charge is 0.265 e. The zero-order chi connectivity index (χ0) is 12.8. The van der Waals surface area contributed by atoms with Gasteiger partial charge in [0.05, 0.1) is 6.20 Å². The predicted molar refractivity (Wildman–Crippen MR) is 67.3 cm³/mol. The quantitative estimate of drug-likeness (QED) is 0.705. The van der Waals surface area contributed by atoms with Crippen LogP contribution in [0.3, 0.4) is 0 Å². The van der Waals surface area contributed by atoms with E-state index in [1.54, 1.807) is 6.20 Å². The first-order valence-corrected chi connectivity index (χ1v) is 6.22. The summed E-state index contributed by atoms with van der Waals surface area (Å²) in [6, 6.07) is 6.01. The zero-order valence-electron chi connectivity index (χ0n) is 10.1. The Morgan fingerprint density at radius 3 is 2.79 bits per heavy atom. The number of hydrogen-bond acceptors (Lipinski definition) is 3. The molecule has 19 heavy (non-hydrogen) atoms. The molecule has 1 aliphatic rings. The van der Waals surface area contributed by atoms with Crippen molar-refractivity contribution in [1.29, 1.82) is 0 Å². The standard InChI is InChI=1S/C14H11FN4/c15-13-8-17-14-10(3-6-18-19(13)14)12-7-11(12)9-1-4-16-5-2-9/h1-6,8,11-12H,7H2/t11-,12-/m1/s1. The second-order valence-corrected chi connectivity index (χ2v) is 4.83. The van der Waals surface area contributed by atoms with Crippen molar-refractivity contribution in [2.45, 2.75) is 18.3 Å². The number of fused-ring (bicyclic) bond motifs is 1. The van der Waals surface area contributed by atoms with Gasteiger partial charge in [0.2, 0.25) is 5.95 Å². The molecule has 0 bridgehead atoms. The minimum Gasteiger partial charge on any atom is -0.265 e. The number of imidazole rings is 1. The molecule has 3 aromatic rings. The number of aromatic nitrogens is 4. The Balaban J connectivity index is 1.74. The summed E-state index contributed by atoms with van der Waals surface area (Å²) in [6.07, 6.45) is 7.53. The van der Waals surface area contributed by atoms with Crippen molar-refractivity contribution in [3.63, 3.8) is 0 Å². The van der Waals surface area contributed by atoms with Crippen LogP contribution >= 0.6 is 0 Å². The number of hydrogen-bond donors (Lipinski definition) is 0. The van der Waals surface area contributed by atoms with Gasteiger partial charge in [0.25, 0.3) is 0 Å². The molecule has 1 saturated carbocycles. The number of halogens is 1. The van der Waals surface area contributed by atoms with E-state index < -0.39 is 5.95 Å². The highest BCUT2D eigenvalue weighted by molar-refractivity contribution is 5.52. The summed E-state index contributed by atoms with van der Waals surface area (Å²) in [5, 5.41) is 3.98. The average molecular weight is 254 g/mol. The molecule has 0 unspecified atom stereocenters. The normalized spacial score (nSPS) is 21.7. The van der Waals surface area contributed by atoms with Gasteiger partial charge in [-0.3, -0.25) is 4.98 Å².